The lowest BCUT2D eigenvalue weighted by molar-refractivity contribution is -0.141. The van der Waals surface area contributed by atoms with Gasteiger partial charge in [-0.15, -0.1) is 0 Å². The number of rotatable bonds is 6. The van der Waals surface area contributed by atoms with Gasteiger partial charge in [0.2, 0.25) is 5.95 Å². The van der Waals surface area contributed by atoms with Gasteiger partial charge < -0.3 is 10.6 Å². The molecular formula is C14H17F3N6. The van der Waals surface area contributed by atoms with Crippen LogP contribution in [0.2, 0.25) is 0 Å². The summed E-state index contributed by atoms with van der Waals surface area (Å²) in [5.74, 6) is 1.29. The van der Waals surface area contributed by atoms with Crippen LogP contribution in [0.25, 0.3) is 0 Å². The minimum Gasteiger partial charge on any atom is -0.368 e. The maximum absolute atomic E-state index is 12.5. The van der Waals surface area contributed by atoms with Gasteiger partial charge in [0.25, 0.3) is 0 Å². The number of hydrogen-bond acceptors (Lipinski definition) is 6. The molecule has 2 aromatic rings. The highest BCUT2D eigenvalue weighted by Crippen LogP contribution is 2.27. The number of aryl methyl sites for hydroxylation is 2. The van der Waals surface area contributed by atoms with Crippen LogP contribution >= 0.6 is 0 Å². The molecule has 0 bridgehead atoms. The van der Waals surface area contributed by atoms with Gasteiger partial charge in [0.05, 0.1) is 0 Å². The van der Waals surface area contributed by atoms with Gasteiger partial charge in [0.15, 0.2) is 0 Å². The zero-order valence-corrected chi connectivity index (χ0v) is 12.8. The summed E-state index contributed by atoms with van der Waals surface area (Å²) in [6.07, 6.45) is -2.60. The molecule has 2 rings (SSSR count). The van der Waals surface area contributed by atoms with Crippen molar-refractivity contribution in [2.75, 3.05) is 23.7 Å². The second kappa shape index (κ2) is 7.21. The molecule has 2 aromatic heterocycles. The van der Waals surface area contributed by atoms with Crippen LogP contribution in [0.5, 0.6) is 0 Å². The molecule has 0 spiro atoms. The van der Waals surface area contributed by atoms with Crippen LogP contribution in [-0.4, -0.2) is 33.0 Å². The Kier molecular flexibility index (Phi) is 5.30. The summed E-state index contributed by atoms with van der Waals surface area (Å²) in [6.45, 7) is 4.61. The first-order chi connectivity index (χ1) is 10.9. The molecule has 124 valence electrons. The molecule has 0 aliphatic carbocycles. The molecule has 0 saturated heterocycles. The molecule has 23 heavy (non-hydrogen) atoms. The van der Waals surface area contributed by atoms with E-state index in [1.165, 1.54) is 0 Å². The number of halogens is 3. The Hall–Kier alpha value is -2.45. The van der Waals surface area contributed by atoms with E-state index in [1.54, 1.807) is 6.92 Å². The summed E-state index contributed by atoms with van der Waals surface area (Å²) in [4.78, 5) is 15.7. The molecule has 0 unspecified atom stereocenters. The summed E-state index contributed by atoms with van der Waals surface area (Å²) in [6, 6.07) is 2.67. The zero-order chi connectivity index (χ0) is 16.9. The minimum absolute atomic E-state index is 0.0604. The summed E-state index contributed by atoms with van der Waals surface area (Å²) in [5, 5.41) is 5.83. The topological polar surface area (TPSA) is 75.6 Å². The smallest absolute Gasteiger partial charge is 0.368 e. The van der Waals surface area contributed by atoms with Crippen molar-refractivity contribution in [1.82, 2.24) is 19.9 Å². The number of alkyl halides is 3. The fraction of sp³-hybridized carbons (Fsp3) is 0.429. The van der Waals surface area contributed by atoms with E-state index in [4.69, 9.17) is 0 Å². The molecule has 2 heterocycles. The van der Waals surface area contributed by atoms with Gasteiger partial charge in [0, 0.05) is 31.0 Å². The van der Waals surface area contributed by atoms with Gasteiger partial charge in [-0.25, -0.2) is 19.9 Å². The van der Waals surface area contributed by atoms with Crippen LogP contribution in [0.4, 0.5) is 24.9 Å². The average Bonchev–Trinajstić information content (AvgIpc) is 2.50. The largest absolute Gasteiger partial charge is 0.433 e. The predicted octanol–water partition coefficient (Wildman–Crippen LogP) is 2.68. The van der Waals surface area contributed by atoms with Gasteiger partial charge in [-0.2, -0.15) is 13.2 Å². The highest BCUT2D eigenvalue weighted by molar-refractivity contribution is 5.36. The number of anilines is 2. The lowest BCUT2D eigenvalue weighted by Crippen LogP contribution is -2.17. The van der Waals surface area contributed by atoms with E-state index in [0.29, 0.717) is 24.7 Å². The van der Waals surface area contributed by atoms with Crippen molar-refractivity contribution in [3.05, 3.63) is 35.5 Å². The van der Waals surface area contributed by atoms with Gasteiger partial charge >= 0.3 is 6.18 Å². The third-order valence-corrected chi connectivity index (χ3v) is 2.91. The maximum atomic E-state index is 12.5. The summed E-state index contributed by atoms with van der Waals surface area (Å²) < 4.78 is 37.6. The molecule has 0 atom stereocenters. The molecular weight excluding hydrogens is 309 g/mol. The molecule has 0 radical (unpaired) electrons. The first kappa shape index (κ1) is 16.9. The van der Waals surface area contributed by atoms with Crippen molar-refractivity contribution >= 4 is 11.8 Å². The number of nitrogens with zero attached hydrogens (tertiary/aromatic N) is 4. The zero-order valence-electron chi connectivity index (χ0n) is 12.8. The Bertz CT molecular complexity index is 659. The Morgan fingerprint density at radius 3 is 2.52 bits per heavy atom. The Balaban J connectivity index is 1.87. The van der Waals surface area contributed by atoms with Crippen LogP contribution in [-0.2, 0) is 12.6 Å². The van der Waals surface area contributed by atoms with Crippen molar-refractivity contribution in [2.45, 2.75) is 26.4 Å². The van der Waals surface area contributed by atoms with Crippen molar-refractivity contribution in [2.24, 2.45) is 0 Å². The van der Waals surface area contributed by atoms with E-state index < -0.39 is 11.9 Å². The fourth-order valence-electron chi connectivity index (χ4n) is 1.87. The molecule has 2 N–H and O–H groups in total. The number of nitrogens with one attached hydrogen (secondary N) is 2. The summed E-state index contributed by atoms with van der Waals surface area (Å²) >= 11 is 0. The first-order valence-electron chi connectivity index (χ1n) is 7.11. The third-order valence-electron chi connectivity index (χ3n) is 2.91. The summed E-state index contributed by atoms with van der Waals surface area (Å²) in [5.41, 5.74) is -0.0452. The molecule has 0 amide bonds. The van der Waals surface area contributed by atoms with E-state index >= 15 is 0 Å². The van der Waals surface area contributed by atoms with Crippen LogP contribution in [0.1, 0.15) is 24.1 Å². The van der Waals surface area contributed by atoms with Crippen LogP contribution in [0.3, 0.4) is 0 Å². The monoisotopic (exact) mass is 326 g/mol. The van der Waals surface area contributed by atoms with E-state index in [-0.39, 0.29) is 5.95 Å². The molecule has 9 heteroatoms. The third kappa shape index (κ3) is 5.04. The van der Waals surface area contributed by atoms with Gasteiger partial charge in [-0.1, -0.05) is 6.92 Å². The number of hydrogen-bond donors (Lipinski definition) is 2. The lowest BCUT2D eigenvalue weighted by atomic mass is 10.3. The van der Waals surface area contributed by atoms with E-state index in [2.05, 4.69) is 30.6 Å². The van der Waals surface area contributed by atoms with E-state index in [9.17, 15) is 13.2 Å². The van der Waals surface area contributed by atoms with Crippen LogP contribution in [0, 0.1) is 6.92 Å². The second-order valence-corrected chi connectivity index (χ2v) is 4.76. The average molecular weight is 326 g/mol. The summed E-state index contributed by atoms with van der Waals surface area (Å²) in [7, 11) is 0. The molecule has 0 saturated carbocycles. The fourth-order valence-corrected chi connectivity index (χ4v) is 1.87. The molecule has 0 aliphatic rings. The molecule has 0 fully saturated rings. The first-order valence-corrected chi connectivity index (χ1v) is 7.11. The van der Waals surface area contributed by atoms with Crippen LogP contribution < -0.4 is 10.6 Å². The van der Waals surface area contributed by atoms with Crippen LogP contribution in [0.15, 0.2) is 18.3 Å². The van der Waals surface area contributed by atoms with E-state index in [0.717, 1.165) is 24.4 Å². The van der Waals surface area contributed by atoms with Crippen molar-refractivity contribution in [1.29, 1.82) is 0 Å². The van der Waals surface area contributed by atoms with Crippen molar-refractivity contribution in [3.63, 3.8) is 0 Å². The normalized spacial score (nSPS) is 11.3. The van der Waals surface area contributed by atoms with E-state index in [1.807, 2.05) is 13.0 Å². The number of aromatic nitrogens is 4. The van der Waals surface area contributed by atoms with Crippen molar-refractivity contribution in [3.8, 4) is 0 Å². The molecule has 0 aliphatic heterocycles. The second-order valence-electron chi connectivity index (χ2n) is 4.76. The van der Waals surface area contributed by atoms with Gasteiger partial charge in [0.1, 0.15) is 17.3 Å². The highest BCUT2D eigenvalue weighted by atomic mass is 19.4. The lowest BCUT2D eigenvalue weighted by Gasteiger charge is -2.10. The predicted molar refractivity (Wildman–Crippen MR) is 80.2 cm³/mol. The van der Waals surface area contributed by atoms with Crippen molar-refractivity contribution < 1.29 is 13.2 Å². The minimum atomic E-state index is -4.48. The highest BCUT2D eigenvalue weighted by Gasteiger charge is 2.32. The maximum Gasteiger partial charge on any atom is 0.433 e. The standard InChI is InChI=1S/C14H17F3N6/c1-3-10-8-12(22-9(2)21-10)18-6-7-20-13-19-5-4-11(23-13)14(15,16)17/h4-5,8H,3,6-7H2,1-2H3,(H,18,21,22)(H,19,20,23). The Labute approximate surface area is 131 Å². The molecule has 0 aromatic carbocycles. The van der Waals surface area contributed by atoms with Gasteiger partial charge in [-0.05, 0) is 19.4 Å². The quantitative estimate of drug-likeness (QED) is 0.795. The molecule has 6 nitrogen and oxygen atoms in total. The van der Waals surface area contributed by atoms with Gasteiger partial charge in [-0.3, -0.25) is 0 Å². The Morgan fingerprint density at radius 1 is 1.09 bits per heavy atom. The SMILES string of the molecule is CCc1cc(NCCNc2nccc(C(F)(F)F)n2)nc(C)n1. The Morgan fingerprint density at radius 2 is 1.83 bits per heavy atom.